The van der Waals surface area contributed by atoms with Crippen molar-refractivity contribution in [2.75, 3.05) is 11.4 Å². The van der Waals surface area contributed by atoms with E-state index in [2.05, 4.69) is 36.0 Å². The molecule has 0 spiro atoms. The summed E-state index contributed by atoms with van der Waals surface area (Å²) in [5.41, 5.74) is 2.85. The Morgan fingerprint density at radius 2 is 1.88 bits per heavy atom. The first-order chi connectivity index (χ1) is 8.29. The van der Waals surface area contributed by atoms with Crippen molar-refractivity contribution in [1.82, 2.24) is 4.98 Å². The van der Waals surface area contributed by atoms with Gasteiger partial charge >= 0.3 is 0 Å². The van der Waals surface area contributed by atoms with Gasteiger partial charge < -0.3 is 4.90 Å². The highest BCUT2D eigenvalue weighted by Gasteiger charge is 2.14. The smallest absolute Gasteiger partial charge is 0.0431 e. The number of hydrogen-bond acceptors (Lipinski definition) is 2. The molecular weight excluding hydrogens is 208 g/mol. The SMILES string of the molecule is CC(C)N1CCCCCCCc2cnccc21. The molecule has 0 aliphatic carbocycles. The van der Waals surface area contributed by atoms with Gasteiger partial charge in [-0.3, -0.25) is 4.98 Å². The van der Waals surface area contributed by atoms with E-state index >= 15 is 0 Å². The van der Waals surface area contributed by atoms with Crippen LogP contribution in [0.3, 0.4) is 0 Å². The van der Waals surface area contributed by atoms with Crippen LogP contribution in [0.5, 0.6) is 0 Å². The molecule has 0 fully saturated rings. The van der Waals surface area contributed by atoms with Gasteiger partial charge in [0.1, 0.15) is 0 Å². The van der Waals surface area contributed by atoms with Crippen molar-refractivity contribution in [1.29, 1.82) is 0 Å². The first kappa shape index (κ1) is 12.4. The summed E-state index contributed by atoms with van der Waals surface area (Å²) in [4.78, 5) is 6.84. The minimum Gasteiger partial charge on any atom is -0.369 e. The zero-order valence-electron chi connectivity index (χ0n) is 11.2. The van der Waals surface area contributed by atoms with E-state index in [-0.39, 0.29) is 0 Å². The highest BCUT2D eigenvalue weighted by molar-refractivity contribution is 5.53. The molecule has 1 aromatic rings. The summed E-state index contributed by atoms with van der Waals surface area (Å²) in [7, 11) is 0. The van der Waals surface area contributed by atoms with E-state index in [1.54, 1.807) is 0 Å². The Morgan fingerprint density at radius 1 is 1.12 bits per heavy atom. The second-order valence-corrected chi connectivity index (χ2v) is 5.31. The van der Waals surface area contributed by atoms with Crippen molar-refractivity contribution in [3.8, 4) is 0 Å². The van der Waals surface area contributed by atoms with Crippen molar-refractivity contribution in [2.45, 2.75) is 58.4 Å². The molecule has 0 saturated heterocycles. The molecular formula is C15H24N2. The number of anilines is 1. The van der Waals surface area contributed by atoms with E-state index in [4.69, 9.17) is 0 Å². The van der Waals surface area contributed by atoms with Crippen LogP contribution in [0.1, 0.15) is 51.5 Å². The summed E-state index contributed by atoms with van der Waals surface area (Å²) in [5, 5.41) is 0. The van der Waals surface area contributed by atoms with Gasteiger partial charge in [-0.1, -0.05) is 19.3 Å². The van der Waals surface area contributed by atoms with Gasteiger partial charge in [-0.05, 0) is 44.7 Å². The lowest BCUT2D eigenvalue weighted by Crippen LogP contribution is -2.32. The number of rotatable bonds is 1. The largest absolute Gasteiger partial charge is 0.369 e. The summed E-state index contributed by atoms with van der Waals surface area (Å²) in [6.45, 7) is 5.76. The fourth-order valence-electron chi connectivity index (χ4n) is 2.68. The maximum absolute atomic E-state index is 4.29. The zero-order valence-corrected chi connectivity index (χ0v) is 11.2. The molecule has 0 atom stereocenters. The Bertz CT molecular complexity index is 347. The maximum atomic E-state index is 4.29. The molecule has 0 aromatic carbocycles. The van der Waals surface area contributed by atoms with Crippen molar-refractivity contribution in [2.24, 2.45) is 0 Å². The molecule has 0 amide bonds. The van der Waals surface area contributed by atoms with Crippen LogP contribution in [-0.4, -0.2) is 17.6 Å². The minimum atomic E-state index is 0.579. The van der Waals surface area contributed by atoms with Crippen LogP contribution in [-0.2, 0) is 6.42 Å². The summed E-state index contributed by atoms with van der Waals surface area (Å²) < 4.78 is 0. The zero-order chi connectivity index (χ0) is 12.1. The molecule has 2 heterocycles. The van der Waals surface area contributed by atoms with Crippen molar-refractivity contribution in [3.63, 3.8) is 0 Å². The van der Waals surface area contributed by atoms with Gasteiger partial charge in [-0.25, -0.2) is 0 Å². The molecule has 0 N–H and O–H groups in total. The van der Waals surface area contributed by atoms with Crippen LogP contribution in [0.2, 0.25) is 0 Å². The second-order valence-electron chi connectivity index (χ2n) is 5.31. The summed E-state index contributed by atoms with van der Waals surface area (Å²) in [6, 6.07) is 2.77. The average Bonchev–Trinajstić information content (AvgIpc) is 2.34. The average molecular weight is 232 g/mol. The summed E-state index contributed by atoms with van der Waals surface area (Å²) in [5.74, 6) is 0. The highest BCUT2D eigenvalue weighted by atomic mass is 15.2. The second kappa shape index (κ2) is 6.04. The van der Waals surface area contributed by atoms with E-state index in [0.29, 0.717) is 6.04 Å². The Morgan fingerprint density at radius 3 is 2.71 bits per heavy atom. The van der Waals surface area contributed by atoms with Crippen LogP contribution < -0.4 is 4.90 Å². The first-order valence-corrected chi connectivity index (χ1v) is 6.98. The lowest BCUT2D eigenvalue weighted by atomic mass is 10.0. The van der Waals surface area contributed by atoms with Crippen LogP contribution in [0.4, 0.5) is 5.69 Å². The standard InChI is InChI=1S/C15H24N2/c1-13(2)17-11-7-5-3-4-6-8-14-12-16-10-9-15(14)17/h9-10,12-13H,3-8,11H2,1-2H3. The molecule has 2 heteroatoms. The number of fused-ring (bicyclic) bond motifs is 1. The van der Waals surface area contributed by atoms with Crippen molar-refractivity contribution < 1.29 is 0 Å². The number of aromatic nitrogens is 1. The van der Waals surface area contributed by atoms with Crippen LogP contribution >= 0.6 is 0 Å². The number of pyridine rings is 1. The van der Waals surface area contributed by atoms with Gasteiger partial charge in [-0.2, -0.15) is 0 Å². The molecule has 17 heavy (non-hydrogen) atoms. The quantitative estimate of drug-likeness (QED) is 0.732. The third-order valence-electron chi connectivity index (χ3n) is 3.66. The molecule has 1 aliphatic rings. The van der Waals surface area contributed by atoms with E-state index in [1.165, 1.54) is 56.3 Å². The van der Waals surface area contributed by atoms with Crippen molar-refractivity contribution >= 4 is 5.69 Å². The molecule has 0 unspecified atom stereocenters. The van der Waals surface area contributed by atoms with Gasteiger partial charge in [0.15, 0.2) is 0 Å². The fourth-order valence-corrected chi connectivity index (χ4v) is 2.68. The van der Waals surface area contributed by atoms with Gasteiger partial charge in [-0.15, -0.1) is 0 Å². The highest BCUT2D eigenvalue weighted by Crippen LogP contribution is 2.25. The molecule has 0 radical (unpaired) electrons. The van der Waals surface area contributed by atoms with Crippen LogP contribution in [0.25, 0.3) is 0 Å². The van der Waals surface area contributed by atoms with E-state index in [1.807, 2.05) is 6.20 Å². The number of hydrogen-bond donors (Lipinski definition) is 0. The minimum absolute atomic E-state index is 0.579. The Balaban J connectivity index is 2.26. The molecule has 0 saturated carbocycles. The van der Waals surface area contributed by atoms with Gasteiger partial charge in [0, 0.05) is 30.7 Å². The van der Waals surface area contributed by atoms with Gasteiger partial charge in [0.2, 0.25) is 0 Å². The Kier molecular flexibility index (Phi) is 4.41. The number of nitrogens with zero attached hydrogens (tertiary/aromatic N) is 2. The van der Waals surface area contributed by atoms with E-state index in [0.717, 1.165) is 0 Å². The van der Waals surface area contributed by atoms with Crippen molar-refractivity contribution in [3.05, 3.63) is 24.0 Å². The first-order valence-electron chi connectivity index (χ1n) is 6.98. The van der Waals surface area contributed by atoms with E-state index < -0.39 is 0 Å². The molecule has 2 rings (SSSR count). The third-order valence-corrected chi connectivity index (χ3v) is 3.66. The Hall–Kier alpha value is -1.05. The lowest BCUT2D eigenvalue weighted by molar-refractivity contribution is 0.571. The molecule has 1 aliphatic heterocycles. The van der Waals surface area contributed by atoms with Crippen LogP contribution in [0, 0.1) is 0 Å². The lowest BCUT2D eigenvalue weighted by Gasteiger charge is -2.31. The molecule has 0 bridgehead atoms. The summed E-state index contributed by atoms with van der Waals surface area (Å²) >= 11 is 0. The van der Waals surface area contributed by atoms with Gasteiger partial charge in [0.25, 0.3) is 0 Å². The van der Waals surface area contributed by atoms with E-state index in [9.17, 15) is 0 Å². The topological polar surface area (TPSA) is 16.1 Å². The van der Waals surface area contributed by atoms with Gasteiger partial charge in [0.05, 0.1) is 0 Å². The molecule has 2 nitrogen and oxygen atoms in total. The third kappa shape index (κ3) is 3.21. The molecule has 94 valence electrons. The molecule has 1 aromatic heterocycles. The predicted octanol–water partition coefficient (Wildman–Crippen LogP) is 3.80. The normalized spacial score (nSPS) is 17.9. The summed E-state index contributed by atoms with van der Waals surface area (Å²) in [6.07, 6.45) is 11.9. The Labute approximate surface area is 105 Å². The number of aryl methyl sites for hydroxylation is 1. The van der Waals surface area contributed by atoms with Crippen LogP contribution in [0.15, 0.2) is 18.5 Å². The maximum Gasteiger partial charge on any atom is 0.0431 e. The fraction of sp³-hybridized carbons (Fsp3) is 0.667. The monoisotopic (exact) mass is 232 g/mol. The predicted molar refractivity (Wildman–Crippen MR) is 73.5 cm³/mol.